The Hall–Kier alpha value is -7.55. The van der Waals surface area contributed by atoms with Gasteiger partial charge >= 0.3 is 5.97 Å². The van der Waals surface area contributed by atoms with Gasteiger partial charge in [0.1, 0.15) is 34.3 Å². The summed E-state index contributed by atoms with van der Waals surface area (Å²) in [7, 11) is 12.7. The van der Waals surface area contributed by atoms with Crippen molar-refractivity contribution in [1.82, 2.24) is 10.2 Å². The number of piperidine rings is 1. The third-order valence-electron chi connectivity index (χ3n) is 15.0. The summed E-state index contributed by atoms with van der Waals surface area (Å²) in [4.78, 5) is 46.8. The number of anilines is 2. The first-order valence-corrected chi connectivity index (χ1v) is 25.2. The van der Waals surface area contributed by atoms with Gasteiger partial charge in [-0.3, -0.25) is 9.59 Å². The number of aliphatic hydroxyl groups is 1. The van der Waals surface area contributed by atoms with E-state index >= 15 is 0 Å². The van der Waals surface area contributed by atoms with Crippen molar-refractivity contribution >= 4 is 29.2 Å². The van der Waals surface area contributed by atoms with Crippen LogP contribution in [-0.4, -0.2) is 110 Å². The number of unbranched alkanes of at least 4 members (excludes halogenated alkanes) is 2. The number of rotatable bonds is 19. The van der Waals surface area contributed by atoms with Crippen molar-refractivity contribution in [1.29, 1.82) is 0 Å². The maximum atomic E-state index is 13.8. The van der Waals surface area contributed by atoms with Crippen LogP contribution in [-0.2, 0) is 25.5 Å². The summed E-state index contributed by atoms with van der Waals surface area (Å²) in [5, 5.41) is 14.0. The predicted octanol–water partition coefficient (Wildman–Crippen LogP) is 9.31. The molecule has 0 bridgehead atoms. The predicted molar refractivity (Wildman–Crippen MR) is 284 cm³/mol. The molecule has 3 aliphatic heterocycles. The van der Waals surface area contributed by atoms with Crippen LogP contribution in [0.25, 0.3) is 0 Å². The van der Waals surface area contributed by atoms with E-state index in [4.69, 9.17) is 28.4 Å². The Morgan fingerprint density at radius 1 is 0.662 bits per heavy atom. The maximum Gasteiger partial charge on any atom is 0.340 e. The number of aliphatic hydroxyl groups excluding tert-OH is 1. The monoisotopic (exact) mass is 1000 g/mol. The van der Waals surface area contributed by atoms with E-state index in [1.165, 1.54) is 0 Å². The van der Waals surface area contributed by atoms with Crippen molar-refractivity contribution in [2.75, 3.05) is 92.2 Å². The SMILES string of the molecule is COc1ccc(C(OCC2(CO)CCN(C(=O)CCCCCNC(=O)c3ccc4c(c3)C(=O)OC43c4ccc(N(C)C)cc4Oc4cc(N(C)C)ccc43)CC2)(c2ccc(OC)cc2)c2ccc(OC)cc2)cc1. The van der Waals surface area contributed by atoms with Crippen molar-refractivity contribution in [3.8, 4) is 28.7 Å². The number of hydrogen-bond acceptors (Lipinski definition) is 12. The van der Waals surface area contributed by atoms with Gasteiger partial charge in [0.05, 0.1) is 40.1 Å². The summed E-state index contributed by atoms with van der Waals surface area (Å²) < 4.78 is 36.7. The first kappa shape index (κ1) is 51.4. The molecule has 6 aromatic carbocycles. The lowest BCUT2D eigenvalue weighted by atomic mass is 9.77. The molecule has 1 spiro atoms. The fraction of sp³-hybridized carbons (Fsp3) is 0.350. The number of benzene rings is 6. The van der Waals surface area contributed by atoms with E-state index in [1.54, 1.807) is 33.5 Å². The highest BCUT2D eigenvalue weighted by Gasteiger charge is 2.54. The Labute approximate surface area is 433 Å². The quantitative estimate of drug-likeness (QED) is 0.0453. The van der Waals surface area contributed by atoms with Crippen LogP contribution >= 0.6 is 0 Å². The van der Waals surface area contributed by atoms with Crippen molar-refractivity contribution in [2.24, 2.45) is 5.41 Å². The molecular formula is C60H66N4O10. The van der Waals surface area contributed by atoms with Gasteiger partial charge in [-0.05, 0) is 115 Å². The van der Waals surface area contributed by atoms with Gasteiger partial charge in [-0.15, -0.1) is 0 Å². The van der Waals surface area contributed by atoms with Gasteiger partial charge in [-0.2, -0.15) is 0 Å². The van der Waals surface area contributed by atoms with Gasteiger partial charge in [-0.25, -0.2) is 4.79 Å². The average molecular weight is 1000 g/mol. The van der Waals surface area contributed by atoms with E-state index in [9.17, 15) is 19.5 Å². The van der Waals surface area contributed by atoms with E-state index in [-0.39, 0.29) is 25.0 Å². The summed E-state index contributed by atoms with van der Waals surface area (Å²) in [6.07, 6.45) is 3.59. The second-order valence-corrected chi connectivity index (χ2v) is 19.8. The summed E-state index contributed by atoms with van der Waals surface area (Å²) in [5.74, 6) is 2.58. The van der Waals surface area contributed by atoms with Gasteiger partial charge in [-0.1, -0.05) is 48.9 Å². The van der Waals surface area contributed by atoms with Gasteiger partial charge in [0.2, 0.25) is 5.91 Å². The Balaban J connectivity index is 0.807. The van der Waals surface area contributed by atoms with E-state index in [0.717, 1.165) is 34.5 Å². The Bertz CT molecular complexity index is 2810. The van der Waals surface area contributed by atoms with Crippen LogP contribution in [0.5, 0.6) is 28.7 Å². The second kappa shape index (κ2) is 21.5. The van der Waals surface area contributed by atoms with Gasteiger partial charge in [0.25, 0.3) is 5.91 Å². The minimum atomic E-state index is -1.26. The zero-order valence-corrected chi connectivity index (χ0v) is 43.4. The first-order chi connectivity index (χ1) is 35.8. The maximum absolute atomic E-state index is 13.8. The number of nitrogens with zero attached hydrogens (tertiary/aromatic N) is 3. The number of ether oxygens (including phenoxy) is 6. The summed E-state index contributed by atoms with van der Waals surface area (Å²) in [6, 6.07) is 40.4. The van der Waals surface area contributed by atoms with Crippen molar-refractivity contribution < 1.29 is 47.9 Å². The smallest absolute Gasteiger partial charge is 0.340 e. The summed E-state index contributed by atoms with van der Waals surface area (Å²) >= 11 is 0. The molecule has 3 heterocycles. The molecule has 1 saturated heterocycles. The van der Waals surface area contributed by atoms with Gasteiger partial charge in [0.15, 0.2) is 5.60 Å². The fourth-order valence-electron chi connectivity index (χ4n) is 10.5. The van der Waals surface area contributed by atoms with Crippen LogP contribution in [0, 0.1) is 5.41 Å². The molecule has 74 heavy (non-hydrogen) atoms. The molecule has 0 aromatic heterocycles. The first-order valence-electron chi connectivity index (χ1n) is 25.2. The molecule has 14 heteroatoms. The zero-order chi connectivity index (χ0) is 52.2. The Morgan fingerprint density at radius 3 is 1.64 bits per heavy atom. The molecule has 2 N–H and O–H groups in total. The van der Waals surface area contributed by atoms with Gasteiger partial charge < -0.3 is 53.5 Å². The number of carbonyl (C=O) groups excluding carboxylic acids is 3. The zero-order valence-electron chi connectivity index (χ0n) is 43.4. The Morgan fingerprint density at radius 2 is 1.16 bits per heavy atom. The number of methoxy groups -OCH3 is 3. The fourth-order valence-corrected chi connectivity index (χ4v) is 10.5. The molecule has 3 aliphatic rings. The normalized spacial score (nSPS) is 15.0. The Kier molecular flexibility index (Phi) is 14.9. The number of nitrogens with one attached hydrogen (secondary N) is 1. The van der Waals surface area contributed by atoms with Crippen LogP contribution in [0.15, 0.2) is 127 Å². The largest absolute Gasteiger partial charge is 0.497 e. The van der Waals surface area contributed by atoms with E-state index in [1.807, 2.05) is 158 Å². The molecule has 0 saturated carbocycles. The van der Waals surface area contributed by atoms with Crippen molar-refractivity contribution in [3.05, 3.63) is 172 Å². The molecule has 0 aliphatic carbocycles. The van der Waals surface area contributed by atoms with E-state index < -0.39 is 22.6 Å². The van der Waals surface area contributed by atoms with Crippen LogP contribution in [0.3, 0.4) is 0 Å². The second-order valence-electron chi connectivity index (χ2n) is 19.8. The highest BCUT2D eigenvalue weighted by molar-refractivity contribution is 6.01. The van der Waals surface area contributed by atoms with E-state index in [0.29, 0.717) is 108 Å². The summed E-state index contributed by atoms with van der Waals surface area (Å²) in [6.45, 7) is 1.53. The molecule has 6 aromatic rings. The standard InChI is InChI=1S/C60H66N4O10/c1-62(2)44-19-28-51-53(36-44)73-54-37-45(63(3)4)20-29-52(54)60(51)50-27-12-40(35-49(50)57(68)74-60)56(67)61-32-10-8-9-11-55(66)64-33-30-58(38-65,31-34-64)39-72-59(41-13-21-46(69-5)22-14-41,42-15-23-47(70-6)24-16-42)43-17-25-48(71-7)26-18-43/h12-29,35-37,65H,8-11,30-34,38-39H2,1-7H3,(H,61,67). The average Bonchev–Trinajstić information content (AvgIpc) is 3.74. The molecule has 386 valence electrons. The number of hydrogen-bond donors (Lipinski definition) is 2. The van der Waals surface area contributed by atoms with Crippen LogP contribution in [0.1, 0.15) is 92.6 Å². The molecule has 0 unspecified atom stereocenters. The number of esters is 1. The number of carbonyl (C=O) groups is 3. The topological polar surface area (TPSA) is 149 Å². The lowest BCUT2D eigenvalue weighted by molar-refractivity contribution is -0.137. The van der Waals surface area contributed by atoms with Crippen LogP contribution < -0.4 is 34.1 Å². The number of likely N-dealkylation sites (tertiary alicyclic amines) is 1. The molecule has 9 rings (SSSR count). The van der Waals surface area contributed by atoms with Crippen LogP contribution in [0.4, 0.5) is 11.4 Å². The third kappa shape index (κ3) is 9.71. The highest BCUT2D eigenvalue weighted by atomic mass is 16.6. The minimum Gasteiger partial charge on any atom is -0.497 e. The van der Waals surface area contributed by atoms with Gasteiger partial charge in [0, 0.05) is 105 Å². The molecule has 14 nitrogen and oxygen atoms in total. The lowest BCUT2D eigenvalue weighted by Gasteiger charge is -2.44. The number of fused-ring (bicyclic) bond motifs is 6. The molecule has 0 radical (unpaired) electrons. The minimum absolute atomic E-state index is 0.0689. The van der Waals surface area contributed by atoms with Crippen molar-refractivity contribution in [2.45, 2.75) is 49.7 Å². The van der Waals surface area contributed by atoms with Crippen LogP contribution in [0.2, 0.25) is 0 Å². The third-order valence-corrected chi connectivity index (χ3v) is 15.0. The van der Waals surface area contributed by atoms with Crippen molar-refractivity contribution in [3.63, 3.8) is 0 Å². The molecule has 1 fully saturated rings. The summed E-state index contributed by atoms with van der Waals surface area (Å²) in [5.41, 5.74) is 4.31. The molecular weight excluding hydrogens is 937 g/mol. The highest BCUT2D eigenvalue weighted by Crippen LogP contribution is 2.57. The molecule has 2 amide bonds. The lowest BCUT2D eigenvalue weighted by Crippen LogP contribution is -2.48. The van der Waals surface area contributed by atoms with E-state index in [2.05, 4.69) is 5.32 Å². The molecule has 0 atom stereocenters. The number of amides is 2.